The van der Waals surface area contributed by atoms with Gasteiger partial charge in [-0.2, -0.15) is 0 Å². The number of carbonyl (C=O) groups is 2. The highest BCUT2D eigenvalue weighted by Gasteiger charge is 2.23. The molecule has 1 amide bonds. The molecule has 2 aromatic rings. The zero-order chi connectivity index (χ0) is 20.1. The molecule has 1 heterocycles. The first kappa shape index (κ1) is 20.5. The molecule has 0 spiro atoms. The van der Waals surface area contributed by atoms with E-state index < -0.39 is 0 Å². The minimum atomic E-state index is -0.113. The molecule has 1 saturated heterocycles. The molecule has 7 heteroatoms. The lowest BCUT2D eigenvalue weighted by molar-refractivity contribution is -0.133. The maximum atomic E-state index is 12.5. The van der Waals surface area contributed by atoms with E-state index in [2.05, 4.69) is 4.90 Å². The summed E-state index contributed by atoms with van der Waals surface area (Å²) in [6.07, 6.45) is 0.342. The van der Waals surface area contributed by atoms with Crippen LogP contribution < -0.4 is 9.64 Å². The Morgan fingerprint density at radius 2 is 1.75 bits per heavy atom. The summed E-state index contributed by atoms with van der Waals surface area (Å²) >= 11 is 12.2. The van der Waals surface area contributed by atoms with Crippen LogP contribution in [0.15, 0.2) is 42.5 Å². The average molecular weight is 421 g/mol. The first-order chi connectivity index (χ1) is 13.5. The molecule has 0 saturated carbocycles. The number of nitrogens with zero attached hydrogens (tertiary/aromatic N) is 2. The molecule has 0 atom stereocenters. The Kier molecular flexibility index (Phi) is 6.81. The third kappa shape index (κ3) is 4.78. The van der Waals surface area contributed by atoms with Crippen molar-refractivity contribution in [3.63, 3.8) is 0 Å². The molecule has 1 fully saturated rings. The monoisotopic (exact) mass is 420 g/mol. The van der Waals surface area contributed by atoms with E-state index >= 15 is 0 Å². The smallest absolute Gasteiger partial charge is 0.260 e. The van der Waals surface area contributed by atoms with Crippen molar-refractivity contribution in [3.05, 3.63) is 58.1 Å². The highest BCUT2D eigenvalue weighted by Crippen LogP contribution is 2.27. The standard InChI is InChI=1S/C21H22Cl2N2O3/c1-2-19(26)16-13-15(22)7-8-20(16)28-14-21(27)25-11-9-24(10-12-25)18-6-4-3-5-17(18)23/h3-8,13H,2,9-12,14H2,1H3. The van der Waals surface area contributed by atoms with Crippen molar-refractivity contribution in [1.29, 1.82) is 0 Å². The molecule has 28 heavy (non-hydrogen) atoms. The number of piperazine rings is 1. The van der Waals surface area contributed by atoms with Crippen LogP contribution in [0.25, 0.3) is 0 Å². The van der Waals surface area contributed by atoms with Crippen molar-refractivity contribution < 1.29 is 14.3 Å². The molecule has 2 aromatic carbocycles. The Hall–Kier alpha value is -2.24. The summed E-state index contributed by atoms with van der Waals surface area (Å²) in [5.74, 6) is 0.210. The van der Waals surface area contributed by atoms with E-state index in [1.165, 1.54) is 0 Å². The molecule has 0 N–H and O–H groups in total. The van der Waals surface area contributed by atoms with Crippen LogP contribution in [0, 0.1) is 0 Å². The molecule has 0 radical (unpaired) electrons. The molecular formula is C21H22Cl2N2O3. The van der Waals surface area contributed by atoms with Gasteiger partial charge in [0.05, 0.1) is 16.3 Å². The van der Waals surface area contributed by atoms with E-state index in [0.29, 0.717) is 54.0 Å². The van der Waals surface area contributed by atoms with Crippen molar-refractivity contribution in [2.75, 3.05) is 37.7 Å². The van der Waals surface area contributed by atoms with Crippen molar-refractivity contribution >= 4 is 40.6 Å². The molecule has 148 valence electrons. The minimum Gasteiger partial charge on any atom is -0.483 e. The number of halogens is 2. The molecule has 5 nitrogen and oxygen atoms in total. The number of hydrogen-bond acceptors (Lipinski definition) is 4. The first-order valence-corrected chi connectivity index (χ1v) is 9.98. The van der Waals surface area contributed by atoms with Gasteiger partial charge in [-0.1, -0.05) is 42.3 Å². The molecule has 0 aromatic heterocycles. The van der Waals surface area contributed by atoms with Crippen molar-refractivity contribution in [2.45, 2.75) is 13.3 Å². The number of carbonyl (C=O) groups excluding carboxylic acids is 2. The average Bonchev–Trinajstić information content (AvgIpc) is 2.72. The summed E-state index contributed by atoms with van der Waals surface area (Å²) in [5.41, 5.74) is 1.39. The van der Waals surface area contributed by atoms with E-state index in [1.54, 1.807) is 30.0 Å². The van der Waals surface area contributed by atoms with Crippen LogP contribution in [0.2, 0.25) is 10.0 Å². The second kappa shape index (κ2) is 9.30. The van der Waals surface area contributed by atoms with Gasteiger partial charge in [0.1, 0.15) is 5.75 Å². The van der Waals surface area contributed by atoms with Gasteiger partial charge in [0.2, 0.25) is 0 Å². The zero-order valence-electron chi connectivity index (χ0n) is 15.7. The Labute approximate surface area is 174 Å². The van der Waals surface area contributed by atoms with Gasteiger partial charge in [-0.25, -0.2) is 0 Å². The predicted molar refractivity (Wildman–Crippen MR) is 112 cm³/mol. The number of amides is 1. The maximum Gasteiger partial charge on any atom is 0.260 e. The Bertz CT molecular complexity index is 864. The fourth-order valence-electron chi connectivity index (χ4n) is 3.17. The fraction of sp³-hybridized carbons (Fsp3) is 0.333. The predicted octanol–water partition coefficient (Wildman–Crippen LogP) is 4.31. The van der Waals surface area contributed by atoms with E-state index in [-0.39, 0.29) is 18.3 Å². The van der Waals surface area contributed by atoms with E-state index in [9.17, 15) is 9.59 Å². The van der Waals surface area contributed by atoms with Crippen LogP contribution in [-0.2, 0) is 4.79 Å². The van der Waals surface area contributed by atoms with Crippen LogP contribution in [0.3, 0.4) is 0 Å². The lowest BCUT2D eigenvalue weighted by atomic mass is 10.1. The third-order valence-corrected chi connectivity index (χ3v) is 5.29. The fourth-order valence-corrected chi connectivity index (χ4v) is 3.60. The summed E-state index contributed by atoms with van der Waals surface area (Å²) in [6.45, 7) is 4.25. The van der Waals surface area contributed by atoms with Gasteiger partial charge in [0.15, 0.2) is 12.4 Å². The second-order valence-electron chi connectivity index (χ2n) is 6.53. The summed E-state index contributed by atoms with van der Waals surface area (Å²) in [4.78, 5) is 28.6. The molecule has 0 bridgehead atoms. The van der Waals surface area contributed by atoms with Gasteiger partial charge < -0.3 is 14.5 Å². The number of anilines is 1. The molecular weight excluding hydrogens is 399 g/mol. The van der Waals surface area contributed by atoms with Gasteiger partial charge in [0.25, 0.3) is 5.91 Å². The van der Waals surface area contributed by atoms with Crippen LogP contribution in [0.5, 0.6) is 5.75 Å². The van der Waals surface area contributed by atoms with Gasteiger partial charge in [-0.15, -0.1) is 0 Å². The highest BCUT2D eigenvalue weighted by molar-refractivity contribution is 6.33. The largest absolute Gasteiger partial charge is 0.483 e. The van der Waals surface area contributed by atoms with E-state index in [0.717, 1.165) is 5.69 Å². The summed E-state index contributed by atoms with van der Waals surface area (Å²) in [7, 11) is 0. The van der Waals surface area contributed by atoms with Crippen LogP contribution in [0.1, 0.15) is 23.7 Å². The quantitative estimate of drug-likeness (QED) is 0.653. The normalized spacial score (nSPS) is 14.1. The number of hydrogen-bond donors (Lipinski definition) is 0. The Balaban J connectivity index is 1.57. The van der Waals surface area contributed by atoms with Crippen LogP contribution in [0.4, 0.5) is 5.69 Å². The zero-order valence-corrected chi connectivity index (χ0v) is 17.2. The Morgan fingerprint density at radius 3 is 2.43 bits per heavy atom. The first-order valence-electron chi connectivity index (χ1n) is 9.22. The summed E-state index contributed by atoms with van der Waals surface area (Å²) < 4.78 is 5.66. The minimum absolute atomic E-state index is 0.0710. The SMILES string of the molecule is CCC(=O)c1cc(Cl)ccc1OCC(=O)N1CCN(c2ccccc2Cl)CC1. The maximum absolute atomic E-state index is 12.5. The van der Waals surface area contributed by atoms with E-state index in [4.69, 9.17) is 27.9 Å². The number of ketones is 1. The van der Waals surface area contributed by atoms with Gasteiger partial charge in [-0.05, 0) is 30.3 Å². The van der Waals surface area contributed by atoms with Gasteiger partial charge in [-0.3, -0.25) is 9.59 Å². The number of benzene rings is 2. The van der Waals surface area contributed by atoms with Crippen LogP contribution >= 0.6 is 23.2 Å². The second-order valence-corrected chi connectivity index (χ2v) is 7.37. The highest BCUT2D eigenvalue weighted by atomic mass is 35.5. The molecule has 1 aliphatic heterocycles. The lowest BCUT2D eigenvalue weighted by Gasteiger charge is -2.36. The van der Waals surface area contributed by atoms with Crippen molar-refractivity contribution in [1.82, 2.24) is 4.90 Å². The summed E-state index contributed by atoms with van der Waals surface area (Å²) in [5, 5.41) is 1.17. The van der Waals surface area contributed by atoms with E-state index in [1.807, 2.05) is 24.3 Å². The molecule has 3 rings (SSSR count). The number of ether oxygens (including phenoxy) is 1. The number of Topliss-reactive ketones (excluding diaryl/α,β-unsaturated/α-hetero) is 1. The molecule has 0 unspecified atom stereocenters. The number of rotatable bonds is 6. The molecule has 0 aliphatic carbocycles. The Morgan fingerprint density at radius 1 is 1.04 bits per heavy atom. The van der Waals surface area contributed by atoms with Gasteiger partial charge >= 0.3 is 0 Å². The topological polar surface area (TPSA) is 49.9 Å². The van der Waals surface area contributed by atoms with Crippen molar-refractivity contribution in [3.8, 4) is 5.75 Å². The lowest BCUT2D eigenvalue weighted by Crippen LogP contribution is -2.50. The van der Waals surface area contributed by atoms with Crippen molar-refractivity contribution in [2.24, 2.45) is 0 Å². The molecule has 1 aliphatic rings. The number of para-hydroxylation sites is 1. The van der Waals surface area contributed by atoms with Crippen LogP contribution in [-0.4, -0.2) is 49.4 Å². The third-order valence-electron chi connectivity index (χ3n) is 4.74. The summed E-state index contributed by atoms with van der Waals surface area (Å²) in [6, 6.07) is 12.6. The van der Waals surface area contributed by atoms with Gasteiger partial charge in [0, 0.05) is 37.6 Å².